The van der Waals surface area contributed by atoms with Gasteiger partial charge in [-0.25, -0.2) is 4.79 Å². The summed E-state index contributed by atoms with van der Waals surface area (Å²) in [7, 11) is 0. The minimum Gasteiger partial charge on any atom is -0.465 e. The van der Waals surface area contributed by atoms with Crippen molar-refractivity contribution in [2.75, 3.05) is 52.7 Å². The molecule has 1 aliphatic rings. The zero-order chi connectivity index (χ0) is 33.1. The summed E-state index contributed by atoms with van der Waals surface area (Å²) in [6.45, 7) is 13.0. The summed E-state index contributed by atoms with van der Waals surface area (Å²) >= 11 is 0. The van der Waals surface area contributed by atoms with Gasteiger partial charge < -0.3 is 28.6 Å². The minimum absolute atomic E-state index is 0.0135. The van der Waals surface area contributed by atoms with Crippen LogP contribution in [-0.4, -0.2) is 76.0 Å². The highest BCUT2D eigenvalue weighted by Gasteiger charge is 2.21. The smallest absolute Gasteiger partial charge is 0.465 e. The van der Waals surface area contributed by atoms with Gasteiger partial charge in [0.1, 0.15) is 13.2 Å². The molecule has 1 aliphatic heterocycles. The maximum absolute atomic E-state index is 12.5. The quantitative estimate of drug-likeness (QED) is 0.0507. The zero-order valence-electron chi connectivity index (χ0n) is 29.1. The van der Waals surface area contributed by atoms with E-state index in [1.807, 2.05) is 18.2 Å². The number of hydrogen-bond donors (Lipinski definition) is 0. The van der Waals surface area contributed by atoms with Crippen LogP contribution in [0.25, 0.3) is 0 Å². The summed E-state index contributed by atoms with van der Waals surface area (Å²) < 4.78 is 28.3. The number of nitrogens with zero attached hydrogens (tertiary/aromatic N) is 1. The van der Waals surface area contributed by atoms with Crippen molar-refractivity contribution in [1.82, 2.24) is 4.90 Å². The van der Waals surface area contributed by atoms with Gasteiger partial charge in [0.25, 0.3) is 0 Å². The molecule has 263 valence electrons. The molecule has 1 saturated heterocycles. The average molecular weight is 647 g/mol. The average Bonchev–Trinajstić information content (AvgIpc) is 3.59. The monoisotopic (exact) mass is 646 g/mol. The van der Waals surface area contributed by atoms with Crippen LogP contribution in [0.4, 0.5) is 4.79 Å². The third-order valence-corrected chi connectivity index (χ3v) is 8.45. The lowest BCUT2D eigenvalue weighted by molar-refractivity contribution is -0.160. The van der Waals surface area contributed by atoms with Gasteiger partial charge in [-0.15, -0.1) is 0 Å². The van der Waals surface area contributed by atoms with Crippen LogP contribution in [0.1, 0.15) is 128 Å². The first-order chi connectivity index (χ1) is 22.5. The number of rotatable bonds is 28. The summed E-state index contributed by atoms with van der Waals surface area (Å²) in [6, 6.07) is 10.1. The van der Waals surface area contributed by atoms with Crippen LogP contribution in [-0.2, 0) is 28.5 Å². The van der Waals surface area contributed by atoms with Crippen LogP contribution in [0.5, 0.6) is 0 Å². The third kappa shape index (κ3) is 20.2. The number of esters is 1. The van der Waals surface area contributed by atoms with E-state index in [9.17, 15) is 9.59 Å². The lowest BCUT2D eigenvalue weighted by atomic mass is 9.99. The molecule has 0 bridgehead atoms. The molecule has 46 heavy (non-hydrogen) atoms. The molecule has 2 rings (SSSR count). The lowest BCUT2D eigenvalue weighted by Gasteiger charge is -2.23. The van der Waals surface area contributed by atoms with Crippen molar-refractivity contribution < 1.29 is 33.3 Å². The molecule has 1 heterocycles. The maximum Gasteiger partial charge on any atom is 0.508 e. The van der Waals surface area contributed by atoms with Gasteiger partial charge in [0.2, 0.25) is 0 Å². The van der Waals surface area contributed by atoms with E-state index < -0.39 is 18.4 Å². The lowest BCUT2D eigenvalue weighted by Crippen LogP contribution is -2.29. The first-order valence-corrected chi connectivity index (χ1v) is 18.3. The van der Waals surface area contributed by atoms with Crippen molar-refractivity contribution in [3.63, 3.8) is 0 Å². The number of hydrogen-bond acceptors (Lipinski definition) is 8. The van der Waals surface area contributed by atoms with Crippen molar-refractivity contribution in [2.45, 2.75) is 129 Å². The Bertz CT molecular complexity index is 859. The molecule has 8 nitrogen and oxygen atoms in total. The van der Waals surface area contributed by atoms with Crippen LogP contribution >= 0.6 is 0 Å². The molecule has 0 amide bonds. The van der Waals surface area contributed by atoms with E-state index in [0.29, 0.717) is 19.6 Å². The molecule has 0 aliphatic carbocycles. The van der Waals surface area contributed by atoms with Crippen LogP contribution < -0.4 is 0 Å². The Kier molecular flexibility index (Phi) is 23.4. The van der Waals surface area contributed by atoms with Gasteiger partial charge in [-0.1, -0.05) is 108 Å². The topological polar surface area (TPSA) is 83.5 Å². The number of ether oxygens (including phenoxy) is 5. The highest BCUT2D eigenvalue weighted by atomic mass is 16.7. The van der Waals surface area contributed by atoms with Crippen molar-refractivity contribution in [1.29, 1.82) is 0 Å². The second-order valence-electron chi connectivity index (χ2n) is 12.8. The molecule has 2 atom stereocenters. The van der Waals surface area contributed by atoms with E-state index in [0.717, 1.165) is 50.9 Å². The first-order valence-electron chi connectivity index (χ1n) is 18.3. The molecule has 1 aromatic rings. The zero-order valence-corrected chi connectivity index (χ0v) is 29.1. The summed E-state index contributed by atoms with van der Waals surface area (Å²) in [6.07, 6.45) is 16.3. The molecule has 8 heteroatoms. The van der Waals surface area contributed by atoms with E-state index >= 15 is 0 Å². The number of likely N-dealkylation sites (tertiary alicyclic amines) is 1. The Morgan fingerprint density at radius 1 is 0.739 bits per heavy atom. The molecule has 0 N–H and O–H groups in total. The maximum atomic E-state index is 12.5. The van der Waals surface area contributed by atoms with Crippen molar-refractivity contribution >= 4 is 12.1 Å². The van der Waals surface area contributed by atoms with Gasteiger partial charge in [0.05, 0.1) is 13.0 Å². The molecule has 0 aromatic heterocycles. The van der Waals surface area contributed by atoms with E-state index in [1.54, 1.807) is 0 Å². The van der Waals surface area contributed by atoms with Crippen LogP contribution in [0, 0.1) is 12.8 Å². The Labute approximate surface area is 280 Å². The minimum atomic E-state index is -0.727. The predicted molar refractivity (Wildman–Crippen MR) is 184 cm³/mol. The number of carbonyl (C=O) groups is 2. The van der Waals surface area contributed by atoms with E-state index in [-0.39, 0.29) is 38.1 Å². The molecule has 1 radical (unpaired) electrons. The van der Waals surface area contributed by atoms with Gasteiger partial charge in [0.15, 0.2) is 6.29 Å². The summed E-state index contributed by atoms with van der Waals surface area (Å²) in [5, 5.41) is 0. The standard InChI is InChI=1S/C38H64NO7/c1-4-6-8-10-12-19-27-42-37(43-28-20-13-11-9-7-5-2)24-23-36(40)44-30-33(3)31-45-38(41)46-32-35(29-39-25-17-18-26-39)34-21-15-14-16-22-34/h14-16,21-22,33,35,37H,3-13,17-20,23-32H2,1-2H3. The first kappa shape index (κ1) is 40.0. The molecule has 2 unspecified atom stereocenters. The second kappa shape index (κ2) is 26.9. The number of benzene rings is 1. The fourth-order valence-corrected chi connectivity index (χ4v) is 5.63. The Hall–Kier alpha value is -2.16. The van der Waals surface area contributed by atoms with Gasteiger partial charge in [-0.3, -0.25) is 4.79 Å². The Balaban J connectivity index is 1.65. The van der Waals surface area contributed by atoms with Crippen LogP contribution in [0.2, 0.25) is 0 Å². The molecular weight excluding hydrogens is 582 g/mol. The normalized spacial score (nSPS) is 14.8. The fourth-order valence-electron chi connectivity index (χ4n) is 5.63. The summed E-state index contributed by atoms with van der Waals surface area (Å²) in [5.74, 6) is -0.647. The molecule has 1 aromatic carbocycles. The highest BCUT2D eigenvalue weighted by molar-refractivity contribution is 5.69. The molecular formula is C38H64NO7. The summed E-state index contributed by atoms with van der Waals surface area (Å²) in [4.78, 5) is 27.3. The van der Waals surface area contributed by atoms with E-state index in [2.05, 4.69) is 37.8 Å². The Morgan fingerprint density at radius 2 is 1.28 bits per heavy atom. The SMILES string of the molecule is [CH2]C(COC(=O)CCC(OCCCCCCCC)OCCCCCCCC)COC(=O)OCC(CN1CCCC1)c1ccccc1. The van der Waals surface area contributed by atoms with E-state index in [4.69, 9.17) is 23.7 Å². The fraction of sp³-hybridized carbons (Fsp3) is 0.763. The van der Waals surface area contributed by atoms with Crippen LogP contribution in [0.3, 0.4) is 0 Å². The predicted octanol–water partition coefficient (Wildman–Crippen LogP) is 8.87. The molecule has 1 fully saturated rings. The van der Waals surface area contributed by atoms with Gasteiger partial charge in [-0.2, -0.15) is 0 Å². The van der Waals surface area contributed by atoms with E-state index in [1.165, 1.54) is 64.2 Å². The van der Waals surface area contributed by atoms with Gasteiger partial charge >= 0.3 is 12.1 Å². The highest BCUT2D eigenvalue weighted by Crippen LogP contribution is 2.21. The van der Waals surface area contributed by atoms with Gasteiger partial charge in [0, 0.05) is 38.0 Å². The molecule has 0 saturated carbocycles. The number of unbranched alkanes of at least 4 members (excludes halogenated alkanes) is 10. The van der Waals surface area contributed by atoms with Crippen LogP contribution in [0.15, 0.2) is 30.3 Å². The second-order valence-corrected chi connectivity index (χ2v) is 12.8. The summed E-state index contributed by atoms with van der Waals surface area (Å²) in [5.41, 5.74) is 1.15. The largest absolute Gasteiger partial charge is 0.508 e. The van der Waals surface area contributed by atoms with Crippen molar-refractivity contribution in [2.24, 2.45) is 5.92 Å². The van der Waals surface area contributed by atoms with Crippen molar-refractivity contribution in [3.8, 4) is 0 Å². The van der Waals surface area contributed by atoms with Crippen molar-refractivity contribution in [3.05, 3.63) is 42.8 Å². The Morgan fingerprint density at radius 3 is 1.89 bits per heavy atom. The van der Waals surface area contributed by atoms with Gasteiger partial charge in [-0.05, 0) is 51.3 Å². The number of carbonyl (C=O) groups excluding carboxylic acids is 2. The molecule has 0 spiro atoms. The third-order valence-electron chi connectivity index (χ3n) is 8.45.